The van der Waals surface area contributed by atoms with Gasteiger partial charge in [0.2, 0.25) is 0 Å². The summed E-state index contributed by atoms with van der Waals surface area (Å²) < 4.78 is 46.5. The number of nitrogens with zero attached hydrogens (tertiary/aromatic N) is 1. The molecule has 0 radical (unpaired) electrons. The van der Waals surface area contributed by atoms with Crippen molar-refractivity contribution >= 4 is 15.7 Å². The second-order valence-electron chi connectivity index (χ2n) is 10.1. The molecule has 5 rings (SSSR count). The molecule has 2 aliphatic heterocycles. The number of likely N-dealkylation sites (tertiary alicyclic amines) is 1. The first-order valence-corrected chi connectivity index (χ1v) is 14.8. The summed E-state index contributed by atoms with van der Waals surface area (Å²) in [4.78, 5) is 2.66. The number of sulfonamides is 1. The van der Waals surface area contributed by atoms with Crippen molar-refractivity contribution in [1.82, 2.24) is 4.90 Å². The zero-order valence-corrected chi connectivity index (χ0v) is 22.9. The molecule has 9 heteroatoms. The number of aliphatic hydroxyl groups excluding tert-OH is 1. The Morgan fingerprint density at radius 2 is 1.69 bits per heavy atom. The van der Waals surface area contributed by atoms with E-state index in [1.54, 1.807) is 49.6 Å². The highest BCUT2D eigenvalue weighted by atomic mass is 32.2. The van der Waals surface area contributed by atoms with E-state index in [0.717, 1.165) is 42.6 Å². The molecule has 208 valence electrons. The second kappa shape index (κ2) is 12.6. The Hall–Kier alpha value is -2.79. The van der Waals surface area contributed by atoms with Crippen molar-refractivity contribution in [2.45, 2.75) is 55.3 Å². The average molecular weight is 553 g/mol. The highest BCUT2D eigenvalue weighted by Crippen LogP contribution is 2.39. The summed E-state index contributed by atoms with van der Waals surface area (Å²) in [6.07, 6.45) is 2.14. The summed E-state index contributed by atoms with van der Waals surface area (Å²) in [6.45, 7) is 2.51. The molecule has 0 aliphatic carbocycles. The van der Waals surface area contributed by atoms with Gasteiger partial charge in [0.05, 0.1) is 30.3 Å². The zero-order valence-electron chi connectivity index (χ0n) is 22.1. The van der Waals surface area contributed by atoms with E-state index in [9.17, 15) is 13.5 Å². The molecule has 2 N–H and O–H groups in total. The summed E-state index contributed by atoms with van der Waals surface area (Å²) in [6, 6.07) is 23.6. The summed E-state index contributed by atoms with van der Waals surface area (Å²) in [5, 5.41) is 9.45. The van der Waals surface area contributed by atoms with Crippen LogP contribution in [0.2, 0.25) is 0 Å². The van der Waals surface area contributed by atoms with E-state index in [-0.39, 0.29) is 23.7 Å². The van der Waals surface area contributed by atoms with Crippen LogP contribution in [-0.4, -0.2) is 57.4 Å². The molecule has 8 nitrogen and oxygen atoms in total. The first-order chi connectivity index (χ1) is 18.9. The predicted octanol–water partition coefficient (Wildman–Crippen LogP) is 4.64. The molecule has 0 bridgehead atoms. The average Bonchev–Trinajstić information content (AvgIpc) is 3.40. The zero-order chi connectivity index (χ0) is 27.2. The van der Waals surface area contributed by atoms with Gasteiger partial charge in [-0.1, -0.05) is 54.6 Å². The smallest absolute Gasteiger partial charge is 0.261 e. The van der Waals surface area contributed by atoms with E-state index in [1.807, 2.05) is 36.4 Å². The number of hydrogen-bond donors (Lipinski definition) is 2. The molecule has 2 heterocycles. The molecule has 0 saturated carbocycles. The van der Waals surface area contributed by atoms with E-state index in [2.05, 4.69) is 9.62 Å². The minimum absolute atomic E-state index is 0.00358. The van der Waals surface area contributed by atoms with Crippen molar-refractivity contribution in [1.29, 1.82) is 0 Å². The Labute approximate surface area is 230 Å². The number of ether oxygens (including phenoxy) is 3. The molecule has 0 spiro atoms. The van der Waals surface area contributed by atoms with Gasteiger partial charge in [-0.15, -0.1) is 0 Å². The van der Waals surface area contributed by atoms with Crippen molar-refractivity contribution in [3.8, 4) is 0 Å². The third kappa shape index (κ3) is 6.87. The lowest BCUT2D eigenvalue weighted by molar-refractivity contribution is -0.253. The van der Waals surface area contributed by atoms with E-state index >= 15 is 0 Å². The van der Waals surface area contributed by atoms with Gasteiger partial charge < -0.3 is 19.3 Å². The third-order valence-corrected chi connectivity index (χ3v) is 8.80. The van der Waals surface area contributed by atoms with Gasteiger partial charge in [0.15, 0.2) is 6.29 Å². The van der Waals surface area contributed by atoms with Gasteiger partial charge in [-0.05, 0) is 54.8 Å². The Kier molecular flexibility index (Phi) is 8.96. The van der Waals surface area contributed by atoms with E-state index < -0.39 is 16.3 Å². The van der Waals surface area contributed by atoms with Crippen molar-refractivity contribution < 1.29 is 27.7 Å². The van der Waals surface area contributed by atoms with Crippen molar-refractivity contribution in [2.75, 3.05) is 31.5 Å². The monoisotopic (exact) mass is 552 g/mol. The first kappa shape index (κ1) is 27.8. The van der Waals surface area contributed by atoms with Crippen LogP contribution >= 0.6 is 0 Å². The fourth-order valence-corrected chi connectivity index (χ4v) is 6.41. The number of hydrogen-bond acceptors (Lipinski definition) is 7. The van der Waals surface area contributed by atoms with Gasteiger partial charge >= 0.3 is 0 Å². The first-order valence-electron chi connectivity index (χ1n) is 13.4. The molecule has 0 unspecified atom stereocenters. The molecule has 0 aromatic heterocycles. The topological polar surface area (TPSA) is 97.3 Å². The largest absolute Gasteiger partial charge is 0.392 e. The molecule has 2 fully saturated rings. The van der Waals surface area contributed by atoms with Gasteiger partial charge in [-0.25, -0.2) is 8.42 Å². The van der Waals surface area contributed by atoms with Crippen molar-refractivity contribution in [3.63, 3.8) is 0 Å². The Balaban J connectivity index is 1.33. The Morgan fingerprint density at radius 3 is 2.38 bits per heavy atom. The lowest BCUT2D eigenvalue weighted by Crippen LogP contribution is -2.42. The van der Waals surface area contributed by atoms with Crippen molar-refractivity contribution in [2.24, 2.45) is 0 Å². The van der Waals surface area contributed by atoms with Crippen LogP contribution in [0.4, 0.5) is 5.69 Å². The fourth-order valence-electron chi connectivity index (χ4n) is 5.33. The van der Waals surface area contributed by atoms with Gasteiger partial charge in [0, 0.05) is 37.4 Å². The van der Waals surface area contributed by atoms with Gasteiger partial charge in [-0.3, -0.25) is 9.62 Å². The Bertz CT molecular complexity index is 1300. The van der Waals surface area contributed by atoms with Crippen LogP contribution < -0.4 is 4.72 Å². The maximum Gasteiger partial charge on any atom is 0.261 e. The molecule has 39 heavy (non-hydrogen) atoms. The predicted molar refractivity (Wildman–Crippen MR) is 149 cm³/mol. The van der Waals surface area contributed by atoms with Gasteiger partial charge in [-0.2, -0.15) is 0 Å². The van der Waals surface area contributed by atoms with E-state index in [0.29, 0.717) is 24.8 Å². The normalized spacial score (nSPS) is 24.1. The number of benzene rings is 3. The highest BCUT2D eigenvalue weighted by molar-refractivity contribution is 7.92. The summed E-state index contributed by atoms with van der Waals surface area (Å²) in [7, 11) is -1.94. The fraction of sp³-hybridized carbons (Fsp3) is 0.400. The lowest BCUT2D eigenvalue weighted by atomic mass is 9.99. The Morgan fingerprint density at radius 1 is 0.974 bits per heavy atom. The molecular weight excluding hydrogens is 516 g/mol. The number of aliphatic hydroxyl groups is 1. The highest BCUT2D eigenvalue weighted by Gasteiger charge is 2.35. The summed E-state index contributed by atoms with van der Waals surface area (Å²) in [5.74, 6) is 0. The van der Waals surface area contributed by atoms with Gasteiger partial charge in [0.25, 0.3) is 10.0 Å². The number of nitrogens with one attached hydrogen (secondary N) is 1. The number of rotatable bonds is 10. The van der Waals surface area contributed by atoms with Crippen molar-refractivity contribution in [3.05, 3.63) is 95.6 Å². The van der Waals surface area contributed by atoms with Crippen LogP contribution in [0.3, 0.4) is 0 Å². The van der Waals surface area contributed by atoms with Crippen LogP contribution in [0.1, 0.15) is 48.3 Å². The molecular formula is C30H36N2O6S. The SMILES string of the molecule is COC[C@@H]1CCCN1C[C@@H]1C[C@H](c2ccc(CO)cc2)O[C@H](c2ccc(NS(=O)(=O)c3ccccc3)cc2)O1. The minimum Gasteiger partial charge on any atom is -0.392 e. The molecule has 4 atom stereocenters. The number of anilines is 1. The van der Waals surface area contributed by atoms with Crippen LogP contribution in [0.5, 0.6) is 0 Å². The molecule has 3 aromatic carbocycles. The summed E-state index contributed by atoms with van der Waals surface area (Å²) in [5.41, 5.74) is 3.17. The third-order valence-electron chi connectivity index (χ3n) is 7.40. The van der Waals surface area contributed by atoms with Crippen LogP contribution in [0, 0.1) is 0 Å². The van der Waals surface area contributed by atoms with Crippen LogP contribution in [-0.2, 0) is 30.8 Å². The number of methoxy groups -OCH3 is 1. The molecule has 2 aliphatic rings. The molecule has 2 saturated heterocycles. The summed E-state index contributed by atoms with van der Waals surface area (Å²) >= 11 is 0. The molecule has 3 aromatic rings. The van der Waals surface area contributed by atoms with E-state index in [1.165, 1.54) is 0 Å². The maximum absolute atomic E-state index is 12.7. The minimum atomic E-state index is -3.68. The standard InChI is InChI=1S/C30H36N2O6S/c1-36-21-26-6-5-17-32(26)19-27-18-29(23-11-9-22(20-33)10-12-23)38-30(37-27)24-13-15-25(16-14-24)31-39(34,35)28-7-3-2-4-8-28/h2-4,7-16,26-27,29-31,33H,5-6,17-21H2,1H3/t26-,27-,29+,30+/m0/s1. The van der Waals surface area contributed by atoms with E-state index in [4.69, 9.17) is 14.2 Å². The van der Waals surface area contributed by atoms with Crippen LogP contribution in [0.25, 0.3) is 0 Å². The van der Waals surface area contributed by atoms with Crippen LogP contribution in [0.15, 0.2) is 83.8 Å². The maximum atomic E-state index is 12.7. The lowest BCUT2D eigenvalue weighted by Gasteiger charge is -2.38. The second-order valence-corrected chi connectivity index (χ2v) is 11.8. The van der Waals surface area contributed by atoms with Gasteiger partial charge in [0.1, 0.15) is 0 Å². The quantitative estimate of drug-likeness (QED) is 0.378. The molecule has 0 amide bonds.